The molecule has 0 aliphatic carbocycles. The second-order valence-corrected chi connectivity index (χ2v) is 6.37. The number of pyridine rings is 1. The van der Waals surface area contributed by atoms with E-state index < -0.39 is 23.5 Å². The van der Waals surface area contributed by atoms with Crippen molar-refractivity contribution in [3.05, 3.63) is 64.5 Å². The van der Waals surface area contributed by atoms with E-state index in [4.69, 9.17) is 5.73 Å². The molecule has 0 bridgehead atoms. The van der Waals surface area contributed by atoms with Crippen molar-refractivity contribution in [3.63, 3.8) is 0 Å². The number of hydrogen-bond acceptors (Lipinski definition) is 6. The minimum absolute atomic E-state index is 0.00155. The van der Waals surface area contributed by atoms with Crippen LogP contribution in [0.1, 0.15) is 22.5 Å². The molecular formula is C18H13F5N6. The lowest BCUT2D eigenvalue weighted by molar-refractivity contribution is -0.141. The number of nitrogens with two attached hydrogens (primary N) is 1. The number of benzene rings is 1. The lowest BCUT2D eigenvalue weighted by atomic mass is 9.96. The van der Waals surface area contributed by atoms with Crippen LogP contribution in [0.15, 0.2) is 40.3 Å². The van der Waals surface area contributed by atoms with Crippen LogP contribution in [-0.2, 0) is 6.18 Å². The van der Waals surface area contributed by atoms with Gasteiger partial charge in [0.25, 0.3) is 0 Å². The molecule has 4 rings (SSSR count). The summed E-state index contributed by atoms with van der Waals surface area (Å²) >= 11 is 0. The van der Waals surface area contributed by atoms with E-state index in [1.165, 1.54) is 18.0 Å². The Morgan fingerprint density at radius 2 is 1.72 bits per heavy atom. The smallest absolute Gasteiger partial charge is 0.368 e. The first-order chi connectivity index (χ1) is 13.6. The Kier molecular flexibility index (Phi) is 4.34. The van der Waals surface area contributed by atoms with E-state index in [1.54, 1.807) is 0 Å². The fraction of sp³-hybridized carbons (Fsp3) is 0.167. The zero-order valence-electron chi connectivity index (χ0n) is 14.8. The summed E-state index contributed by atoms with van der Waals surface area (Å²) in [7, 11) is 0. The summed E-state index contributed by atoms with van der Waals surface area (Å²) in [5, 5.41) is 1.30. The summed E-state index contributed by atoms with van der Waals surface area (Å²) in [4.78, 5) is 11.9. The minimum Gasteiger partial charge on any atom is -0.368 e. The second-order valence-electron chi connectivity index (χ2n) is 6.37. The van der Waals surface area contributed by atoms with E-state index in [9.17, 15) is 22.0 Å². The van der Waals surface area contributed by atoms with Crippen molar-refractivity contribution in [2.75, 3.05) is 6.67 Å². The molecule has 0 spiro atoms. The van der Waals surface area contributed by atoms with E-state index in [0.29, 0.717) is 6.07 Å². The van der Waals surface area contributed by atoms with Crippen LogP contribution in [0.3, 0.4) is 0 Å². The Morgan fingerprint density at radius 1 is 1.03 bits per heavy atom. The van der Waals surface area contributed by atoms with Gasteiger partial charge in [-0.15, -0.1) is 0 Å². The van der Waals surface area contributed by atoms with Gasteiger partial charge in [-0.3, -0.25) is 0 Å². The van der Waals surface area contributed by atoms with E-state index >= 15 is 0 Å². The van der Waals surface area contributed by atoms with Crippen LogP contribution in [0, 0.1) is 18.6 Å². The standard InChI is InChI=1S/C18H13F5N6/c1-8-2-9(5-13(27-8)18(21,22)23)14-15(10-3-11(19)6-12(20)4-10)28-17(24)29-16(14)25-7-26-29/h2-6,26H,7H2,1H3,(H2,24,28). The minimum atomic E-state index is -4.68. The number of aromatic nitrogens is 1. The number of guanidine groups is 1. The Bertz CT molecular complexity index is 1080. The fourth-order valence-corrected chi connectivity index (χ4v) is 3.16. The molecule has 0 amide bonds. The Hall–Kier alpha value is -3.34. The molecule has 2 aliphatic heterocycles. The number of rotatable bonds is 2. The van der Waals surface area contributed by atoms with Gasteiger partial charge in [-0.1, -0.05) is 0 Å². The van der Waals surface area contributed by atoms with E-state index in [2.05, 4.69) is 20.4 Å². The molecule has 0 saturated carbocycles. The number of halogens is 5. The third-order valence-electron chi connectivity index (χ3n) is 4.25. The molecule has 2 aliphatic rings. The van der Waals surface area contributed by atoms with Crippen LogP contribution < -0.4 is 11.2 Å². The lowest BCUT2D eigenvalue weighted by Gasteiger charge is -2.27. The maximum Gasteiger partial charge on any atom is 0.433 e. The first-order valence-electron chi connectivity index (χ1n) is 8.33. The van der Waals surface area contributed by atoms with Gasteiger partial charge in [0.05, 0.1) is 11.3 Å². The molecule has 6 nitrogen and oxygen atoms in total. The van der Waals surface area contributed by atoms with Gasteiger partial charge in [-0.2, -0.15) is 13.2 Å². The quantitative estimate of drug-likeness (QED) is 0.749. The van der Waals surface area contributed by atoms with Crippen molar-refractivity contribution < 1.29 is 22.0 Å². The highest BCUT2D eigenvalue weighted by atomic mass is 19.4. The number of hydrogen-bond donors (Lipinski definition) is 2. The van der Waals surface area contributed by atoms with Crippen molar-refractivity contribution in [3.8, 4) is 0 Å². The van der Waals surface area contributed by atoms with E-state index in [0.717, 1.165) is 18.2 Å². The highest BCUT2D eigenvalue weighted by molar-refractivity contribution is 6.35. The molecule has 150 valence electrons. The predicted octanol–water partition coefficient (Wildman–Crippen LogP) is 3.06. The summed E-state index contributed by atoms with van der Waals surface area (Å²) in [6, 6.07) is 4.97. The van der Waals surface area contributed by atoms with Gasteiger partial charge in [0, 0.05) is 17.3 Å². The molecule has 3 heterocycles. The monoisotopic (exact) mass is 408 g/mol. The zero-order chi connectivity index (χ0) is 20.9. The van der Waals surface area contributed by atoms with Gasteiger partial charge in [0.15, 0.2) is 5.84 Å². The number of nitrogens with one attached hydrogen (secondary N) is 1. The van der Waals surface area contributed by atoms with Crippen molar-refractivity contribution in [1.29, 1.82) is 0 Å². The molecule has 29 heavy (non-hydrogen) atoms. The highest BCUT2D eigenvalue weighted by Gasteiger charge is 2.36. The molecule has 3 N–H and O–H groups in total. The summed E-state index contributed by atoms with van der Waals surface area (Å²) in [6.45, 7) is 1.52. The van der Waals surface area contributed by atoms with Crippen molar-refractivity contribution >= 4 is 23.1 Å². The number of amidine groups is 1. The van der Waals surface area contributed by atoms with Crippen LogP contribution in [0.25, 0.3) is 11.3 Å². The highest BCUT2D eigenvalue weighted by Crippen LogP contribution is 2.37. The normalized spacial score (nSPS) is 16.7. The van der Waals surface area contributed by atoms with Gasteiger partial charge in [0.1, 0.15) is 24.0 Å². The van der Waals surface area contributed by atoms with Crippen molar-refractivity contribution in [2.24, 2.45) is 15.7 Å². The Balaban J connectivity index is 2.03. The van der Waals surface area contributed by atoms with Gasteiger partial charge in [-0.05, 0) is 36.8 Å². The maximum absolute atomic E-state index is 13.8. The molecule has 2 aromatic rings. The molecule has 0 atom stereocenters. The number of aliphatic imine (C=N–C) groups is 2. The first-order valence-corrected chi connectivity index (χ1v) is 8.33. The molecule has 1 aromatic carbocycles. The van der Waals surface area contributed by atoms with Crippen LogP contribution in [0.2, 0.25) is 0 Å². The SMILES string of the molecule is Cc1cc(C2=C(c3cc(F)cc(F)c3)N=C(N)N3NCN=C23)cc(C(F)(F)F)n1. The topological polar surface area (TPSA) is 78.9 Å². The van der Waals surface area contributed by atoms with Crippen LogP contribution >= 0.6 is 0 Å². The van der Waals surface area contributed by atoms with Crippen LogP contribution in [0.4, 0.5) is 22.0 Å². The van der Waals surface area contributed by atoms with Gasteiger partial charge < -0.3 is 5.73 Å². The molecule has 0 unspecified atom stereocenters. The molecule has 1 aromatic heterocycles. The average Bonchev–Trinajstić information content (AvgIpc) is 3.09. The first kappa shape index (κ1) is 19.0. The number of nitrogens with zero attached hydrogens (tertiary/aromatic N) is 4. The molecule has 0 fully saturated rings. The van der Waals surface area contributed by atoms with Crippen molar-refractivity contribution in [1.82, 2.24) is 15.4 Å². The van der Waals surface area contributed by atoms with E-state index in [-0.39, 0.29) is 46.6 Å². The average molecular weight is 408 g/mol. The Labute approximate surface area is 161 Å². The molecule has 11 heteroatoms. The molecular weight excluding hydrogens is 395 g/mol. The molecule has 0 saturated heterocycles. The van der Waals surface area contributed by atoms with Crippen molar-refractivity contribution in [2.45, 2.75) is 13.1 Å². The van der Waals surface area contributed by atoms with E-state index in [1.807, 2.05) is 0 Å². The predicted molar refractivity (Wildman–Crippen MR) is 96.0 cm³/mol. The summed E-state index contributed by atoms with van der Waals surface area (Å²) in [5.41, 5.74) is 7.97. The van der Waals surface area contributed by atoms with Gasteiger partial charge in [0.2, 0.25) is 5.96 Å². The number of hydrazine groups is 1. The number of fused-ring (bicyclic) bond motifs is 1. The van der Waals surface area contributed by atoms with Crippen LogP contribution in [0.5, 0.6) is 0 Å². The third-order valence-corrected chi connectivity index (χ3v) is 4.25. The van der Waals surface area contributed by atoms with Gasteiger partial charge in [-0.25, -0.2) is 34.2 Å². The second kappa shape index (κ2) is 6.62. The largest absolute Gasteiger partial charge is 0.433 e. The van der Waals surface area contributed by atoms with Crippen LogP contribution in [-0.4, -0.2) is 28.5 Å². The Morgan fingerprint density at radius 3 is 2.38 bits per heavy atom. The number of alkyl halides is 3. The van der Waals surface area contributed by atoms with Gasteiger partial charge >= 0.3 is 6.18 Å². The molecule has 0 radical (unpaired) electrons. The lowest BCUT2D eigenvalue weighted by Crippen LogP contribution is -2.48. The summed E-state index contributed by atoms with van der Waals surface area (Å²) < 4.78 is 67.5. The zero-order valence-corrected chi connectivity index (χ0v) is 14.8. The number of aryl methyl sites for hydroxylation is 1. The summed E-state index contributed by atoms with van der Waals surface area (Å²) in [5.74, 6) is -1.60. The third kappa shape index (κ3) is 3.44. The maximum atomic E-state index is 13.8. The summed E-state index contributed by atoms with van der Waals surface area (Å²) in [6.07, 6.45) is -4.68. The fourth-order valence-electron chi connectivity index (χ4n) is 3.16.